The predicted molar refractivity (Wildman–Crippen MR) is 120 cm³/mol. The molecule has 170 valence electrons. The third-order valence-electron chi connectivity index (χ3n) is 5.68. The number of nitrogens with one attached hydrogen (secondary N) is 4. The number of unbranched alkanes of at least 4 members (excludes halogenated alkanes) is 1. The van der Waals surface area contributed by atoms with Gasteiger partial charge in [-0.25, -0.2) is 9.18 Å². The van der Waals surface area contributed by atoms with Gasteiger partial charge in [-0.1, -0.05) is 6.42 Å². The quantitative estimate of drug-likeness (QED) is 0.355. The number of carbonyl (C=O) groups excluding carboxylic acids is 3. The van der Waals surface area contributed by atoms with Crippen molar-refractivity contribution in [1.82, 2.24) is 10.6 Å². The first-order valence-electron chi connectivity index (χ1n) is 10.5. The van der Waals surface area contributed by atoms with E-state index >= 15 is 0 Å². The summed E-state index contributed by atoms with van der Waals surface area (Å²) in [6, 6.07) is 5.83. The SMILES string of the molecule is Cc1occc1C(=O)Nc1cc(NC(=O)CCCC[C@@H]2SC[C@@H]3NC(=O)N[C@H]32)ccc1F. The number of furan rings is 1. The summed E-state index contributed by atoms with van der Waals surface area (Å²) >= 11 is 1.85. The molecule has 8 nitrogen and oxygen atoms in total. The molecule has 0 radical (unpaired) electrons. The van der Waals surface area contributed by atoms with Gasteiger partial charge in [0.1, 0.15) is 11.6 Å². The van der Waals surface area contributed by atoms with Crippen molar-refractivity contribution in [3.8, 4) is 0 Å². The number of anilines is 2. The van der Waals surface area contributed by atoms with Gasteiger partial charge < -0.3 is 25.7 Å². The average molecular weight is 461 g/mol. The molecule has 1 aromatic heterocycles. The molecule has 1 aromatic carbocycles. The number of carbonyl (C=O) groups is 3. The smallest absolute Gasteiger partial charge is 0.315 e. The highest BCUT2D eigenvalue weighted by Gasteiger charge is 2.42. The summed E-state index contributed by atoms with van der Waals surface area (Å²) in [5.74, 6) is 0.0912. The number of amides is 4. The molecule has 0 unspecified atom stereocenters. The van der Waals surface area contributed by atoms with Crippen LogP contribution in [-0.2, 0) is 4.79 Å². The Balaban J connectivity index is 1.23. The fourth-order valence-corrected chi connectivity index (χ4v) is 5.55. The molecule has 4 rings (SSSR count). The average Bonchev–Trinajstić information content (AvgIpc) is 3.44. The Bertz CT molecular complexity index is 1030. The van der Waals surface area contributed by atoms with E-state index in [-0.39, 0.29) is 29.7 Å². The van der Waals surface area contributed by atoms with Crippen molar-refractivity contribution in [2.24, 2.45) is 0 Å². The first-order valence-corrected chi connectivity index (χ1v) is 11.6. The standard InChI is InChI=1S/C22H25FN4O4S/c1-12-14(8-9-31-12)21(29)25-16-10-13(6-7-15(16)23)24-19(28)5-3-2-4-18-20-17(11-32-18)26-22(30)27-20/h6-10,17-18,20H,2-5,11H2,1H3,(H,24,28)(H,25,29)(H2,26,27,30)/t17-,18-,20+/m0/s1. The minimum absolute atomic E-state index is 0.0200. The normalized spacial score (nSPS) is 21.6. The van der Waals surface area contributed by atoms with Crippen LogP contribution < -0.4 is 21.3 Å². The zero-order valence-corrected chi connectivity index (χ0v) is 18.4. The molecule has 0 saturated carbocycles. The third kappa shape index (κ3) is 5.07. The predicted octanol–water partition coefficient (Wildman–Crippen LogP) is 3.64. The van der Waals surface area contributed by atoms with Crippen molar-refractivity contribution < 1.29 is 23.2 Å². The van der Waals surface area contributed by atoms with E-state index in [1.807, 2.05) is 11.8 Å². The maximum Gasteiger partial charge on any atom is 0.315 e. The fraction of sp³-hybridized carbons (Fsp3) is 0.409. The molecule has 2 fully saturated rings. The molecule has 10 heteroatoms. The lowest BCUT2D eigenvalue weighted by atomic mass is 10.0. The van der Waals surface area contributed by atoms with Crippen molar-refractivity contribution in [3.63, 3.8) is 0 Å². The van der Waals surface area contributed by atoms with E-state index in [1.165, 1.54) is 30.5 Å². The zero-order chi connectivity index (χ0) is 22.7. The number of hydrogen-bond donors (Lipinski definition) is 4. The molecule has 0 aliphatic carbocycles. The summed E-state index contributed by atoms with van der Waals surface area (Å²) in [6.45, 7) is 1.65. The van der Waals surface area contributed by atoms with Crippen molar-refractivity contribution in [2.75, 3.05) is 16.4 Å². The monoisotopic (exact) mass is 460 g/mol. The van der Waals surface area contributed by atoms with Crippen molar-refractivity contribution in [2.45, 2.75) is 49.9 Å². The lowest BCUT2D eigenvalue weighted by Gasteiger charge is -2.16. The van der Waals surface area contributed by atoms with E-state index in [0.717, 1.165) is 18.6 Å². The van der Waals surface area contributed by atoms with Crippen LogP contribution in [0, 0.1) is 12.7 Å². The van der Waals surface area contributed by atoms with E-state index in [1.54, 1.807) is 6.92 Å². The van der Waals surface area contributed by atoms with Gasteiger partial charge in [-0.3, -0.25) is 9.59 Å². The first-order chi connectivity index (χ1) is 15.4. The summed E-state index contributed by atoms with van der Waals surface area (Å²) in [5, 5.41) is 11.5. The molecule has 0 bridgehead atoms. The molecule has 2 saturated heterocycles. The molecular weight excluding hydrogens is 435 g/mol. The molecule has 4 amide bonds. The molecule has 2 aliphatic rings. The van der Waals surface area contributed by atoms with Gasteiger partial charge in [0.05, 0.1) is 29.6 Å². The topological polar surface area (TPSA) is 112 Å². The number of aryl methyl sites for hydroxylation is 1. The molecule has 2 aliphatic heterocycles. The van der Waals surface area contributed by atoms with Gasteiger partial charge in [-0.15, -0.1) is 0 Å². The van der Waals surface area contributed by atoms with Gasteiger partial charge in [-0.2, -0.15) is 11.8 Å². The highest BCUT2D eigenvalue weighted by Crippen LogP contribution is 2.33. The molecule has 0 spiro atoms. The second-order valence-electron chi connectivity index (χ2n) is 7.96. The van der Waals surface area contributed by atoms with E-state index in [4.69, 9.17) is 4.42 Å². The second-order valence-corrected chi connectivity index (χ2v) is 9.23. The van der Waals surface area contributed by atoms with Crippen molar-refractivity contribution in [1.29, 1.82) is 0 Å². The Kier molecular flexibility index (Phi) is 6.69. The van der Waals surface area contributed by atoms with Crippen LogP contribution in [0.15, 0.2) is 34.9 Å². The van der Waals surface area contributed by atoms with Crippen LogP contribution in [0.1, 0.15) is 41.8 Å². The van der Waals surface area contributed by atoms with Gasteiger partial charge in [0.2, 0.25) is 5.91 Å². The molecular formula is C22H25FN4O4S. The number of rotatable bonds is 8. The Morgan fingerprint density at radius 1 is 1.22 bits per heavy atom. The van der Waals surface area contributed by atoms with Crippen LogP contribution in [-0.4, -0.2) is 40.9 Å². The minimum Gasteiger partial charge on any atom is -0.469 e. The number of fused-ring (bicyclic) bond motifs is 1. The van der Waals surface area contributed by atoms with Crippen LogP contribution in [0.3, 0.4) is 0 Å². The maximum atomic E-state index is 14.1. The highest BCUT2D eigenvalue weighted by molar-refractivity contribution is 8.00. The van der Waals surface area contributed by atoms with Gasteiger partial charge in [-0.05, 0) is 44.0 Å². The number of benzene rings is 1. The zero-order valence-electron chi connectivity index (χ0n) is 17.6. The van der Waals surface area contributed by atoms with Crippen LogP contribution >= 0.6 is 11.8 Å². The number of hydrogen-bond acceptors (Lipinski definition) is 5. The Labute approximate surface area is 189 Å². The number of urea groups is 1. The van der Waals surface area contributed by atoms with Crippen LogP contribution in [0.5, 0.6) is 0 Å². The largest absolute Gasteiger partial charge is 0.469 e. The lowest BCUT2D eigenvalue weighted by Crippen LogP contribution is -2.36. The fourth-order valence-electron chi connectivity index (χ4n) is 4.01. The van der Waals surface area contributed by atoms with Gasteiger partial charge in [0, 0.05) is 23.1 Å². The molecule has 4 N–H and O–H groups in total. The van der Waals surface area contributed by atoms with Gasteiger partial charge in [0.25, 0.3) is 5.91 Å². The van der Waals surface area contributed by atoms with E-state index in [2.05, 4.69) is 21.3 Å². The highest BCUT2D eigenvalue weighted by atomic mass is 32.2. The lowest BCUT2D eigenvalue weighted by molar-refractivity contribution is -0.116. The second kappa shape index (κ2) is 9.64. The summed E-state index contributed by atoms with van der Waals surface area (Å²) in [7, 11) is 0. The van der Waals surface area contributed by atoms with Crippen molar-refractivity contribution in [3.05, 3.63) is 47.7 Å². The van der Waals surface area contributed by atoms with Gasteiger partial charge >= 0.3 is 6.03 Å². The Morgan fingerprint density at radius 2 is 2.06 bits per heavy atom. The third-order valence-corrected chi connectivity index (χ3v) is 7.19. The molecule has 3 atom stereocenters. The van der Waals surface area contributed by atoms with E-state index in [0.29, 0.717) is 35.1 Å². The molecule has 2 aromatic rings. The molecule has 32 heavy (non-hydrogen) atoms. The minimum atomic E-state index is -0.599. The van der Waals surface area contributed by atoms with Crippen molar-refractivity contribution >= 4 is 41.0 Å². The summed E-state index contributed by atoms with van der Waals surface area (Å²) < 4.78 is 19.2. The van der Waals surface area contributed by atoms with Crippen LogP contribution in [0.25, 0.3) is 0 Å². The molecule has 3 heterocycles. The Morgan fingerprint density at radius 3 is 2.84 bits per heavy atom. The van der Waals surface area contributed by atoms with E-state index in [9.17, 15) is 18.8 Å². The summed E-state index contributed by atoms with van der Waals surface area (Å²) in [5.41, 5.74) is 0.705. The number of halogens is 1. The van der Waals surface area contributed by atoms with Crippen LogP contribution in [0.4, 0.5) is 20.6 Å². The number of thioether (sulfide) groups is 1. The van der Waals surface area contributed by atoms with Crippen LogP contribution in [0.2, 0.25) is 0 Å². The summed E-state index contributed by atoms with van der Waals surface area (Å²) in [4.78, 5) is 36.0. The first kappa shape index (κ1) is 22.2. The summed E-state index contributed by atoms with van der Waals surface area (Å²) in [6.07, 6.45) is 4.25. The van der Waals surface area contributed by atoms with Gasteiger partial charge in [0.15, 0.2) is 0 Å². The Hall–Kier alpha value is -3.01. The maximum absolute atomic E-state index is 14.1. The van der Waals surface area contributed by atoms with E-state index < -0.39 is 11.7 Å².